The summed E-state index contributed by atoms with van der Waals surface area (Å²) in [5.41, 5.74) is 3.54. The third-order valence-electron chi connectivity index (χ3n) is 5.16. The van der Waals surface area contributed by atoms with E-state index < -0.39 is 0 Å². The van der Waals surface area contributed by atoms with E-state index in [1.807, 2.05) is 53.3 Å². The number of ether oxygens (including phenoxy) is 1. The van der Waals surface area contributed by atoms with Crippen molar-refractivity contribution in [2.75, 3.05) is 7.11 Å². The van der Waals surface area contributed by atoms with Crippen LogP contribution in [0.4, 0.5) is 0 Å². The van der Waals surface area contributed by atoms with Gasteiger partial charge < -0.3 is 4.74 Å². The smallest absolute Gasteiger partial charge is 0.262 e. The highest BCUT2D eigenvalue weighted by Crippen LogP contribution is 2.31. The van der Waals surface area contributed by atoms with E-state index >= 15 is 0 Å². The maximum absolute atomic E-state index is 13.6. The molecular formula is C24H24N2O2S. The highest BCUT2D eigenvalue weighted by Gasteiger charge is 2.19. The predicted molar refractivity (Wildman–Crippen MR) is 120 cm³/mol. The summed E-state index contributed by atoms with van der Waals surface area (Å²) < 4.78 is 7.36. The van der Waals surface area contributed by atoms with Crippen LogP contribution >= 0.6 is 11.3 Å². The van der Waals surface area contributed by atoms with Crippen molar-refractivity contribution < 1.29 is 4.74 Å². The quantitative estimate of drug-likeness (QED) is 0.535. The van der Waals surface area contributed by atoms with Crippen molar-refractivity contribution in [3.05, 3.63) is 81.6 Å². The van der Waals surface area contributed by atoms with E-state index in [9.17, 15) is 4.79 Å². The highest BCUT2D eigenvalue weighted by molar-refractivity contribution is 7.13. The molecule has 2 aromatic heterocycles. The van der Waals surface area contributed by atoms with E-state index in [4.69, 9.17) is 9.72 Å². The molecule has 2 heterocycles. The fourth-order valence-corrected chi connectivity index (χ4v) is 4.52. The number of nitrogens with zero attached hydrogens (tertiary/aromatic N) is 2. The van der Waals surface area contributed by atoms with Crippen molar-refractivity contribution in [2.45, 2.75) is 32.7 Å². The number of aromatic nitrogens is 2. The first kappa shape index (κ1) is 19.4. The van der Waals surface area contributed by atoms with Crippen LogP contribution in [0.2, 0.25) is 0 Å². The van der Waals surface area contributed by atoms with Crippen LogP contribution in [0.5, 0.6) is 5.75 Å². The van der Waals surface area contributed by atoms with Crippen LogP contribution in [0.3, 0.4) is 0 Å². The van der Waals surface area contributed by atoms with Crippen molar-refractivity contribution in [1.82, 2.24) is 9.55 Å². The van der Waals surface area contributed by atoms with Crippen LogP contribution in [0.15, 0.2) is 70.4 Å². The van der Waals surface area contributed by atoms with Gasteiger partial charge in [-0.25, -0.2) is 4.98 Å². The Labute approximate surface area is 174 Å². The molecule has 0 saturated heterocycles. The van der Waals surface area contributed by atoms with Crippen molar-refractivity contribution in [3.63, 3.8) is 0 Å². The summed E-state index contributed by atoms with van der Waals surface area (Å²) >= 11 is 1.57. The molecule has 148 valence electrons. The first-order valence-electron chi connectivity index (χ1n) is 9.83. The molecule has 4 rings (SSSR count). The van der Waals surface area contributed by atoms with Gasteiger partial charge in [-0.05, 0) is 49.8 Å². The van der Waals surface area contributed by atoms with Crippen molar-refractivity contribution in [3.8, 4) is 27.6 Å². The minimum Gasteiger partial charge on any atom is -0.496 e. The van der Waals surface area contributed by atoms with E-state index in [2.05, 4.69) is 18.2 Å². The lowest BCUT2D eigenvalue weighted by molar-refractivity contribution is 0.415. The van der Waals surface area contributed by atoms with Crippen molar-refractivity contribution in [1.29, 1.82) is 0 Å². The zero-order chi connectivity index (χ0) is 20.2. The molecule has 1 aliphatic carbocycles. The van der Waals surface area contributed by atoms with Gasteiger partial charge in [0.1, 0.15) is 11.6 Å². The summed E-state index contributed by atoms with van der Waals surface area (Å²) in [6.07, 6.45) is 9.57. The molecule has 0 radical (unpaired) electrons. The molecule has 0 spiro atoms. The largest absolute Gasteiger partial charge is 0.496 e. The molecule has 0 bridgehead atoms. The minimum atomic E-state index is 0.00115. The predicted octanol–water partition coefficient (Wildman–Crippen LogP) is 5.62. The molecule has 0 unspecified atom stereocenters. The Morgan fingerprint density at radius 1 is 1.17 bits per heavy atom. The van der Waals surface area contributed by atoms with Gasteiger partial charge >= 0.3 is 0 Å². The highest BCUT2D eigenvalue weighted by atomic mass is 32.1. The molecule has 4 nitrogen and oxygen atoms in total. The molecule has 0 amide bonds. The Morgan fingerprint density at radius 2 is 2.03 bits per heavy atom. The van der Waals surface area contributed by atoms with Crippen LogP contribution in [-0.4, -0.2) is 16.7 Å². The lowest BCUT2D eigenvalue weighted by Gasteiger charge is -2.18. The second-order valence-electron chi connectivity index (χ2n) is 7.04. The van der Waals surface area contributed by atoms with E-state index in [0.29, 0.717) is 23.7 Å². The average Bonchev–Trinajstić information content (AvgIpc) is 3.28. The molecule has 0 atom stereocenters. The minimum absolute atomic E-state index is 0.00115. The Bertz CT molecular complexity index is 1120. The van der Waals surface area contributed by atoms with E-state index in [-0.39, 0.29) is 5.56 Å². The average molecular weight is 405 g/mol. The number of allylic oxidation sites excluding steroid dienone is 4. The molecule has 0 N–H and O–H groups in total. The molecule has 1 aromatic carbocycles. The zero-order valence-corrected chi connectivity index (χ0v) is 17.5. The van der Waals surface area contributed by atoms with Gasteiger partial charge in [-0.2, -0.15) is 0 Å². The van der Waals surface area contributed by atoms with Gasteiger partial charge in [-0.3, -0.25) is 9.36 Å². The van der Waals surface area contributed by atoms with Gasteiger partial charge in [0.05, 0.1) is 23.9 Å². The third-order valence-corrected chi connectivity index (χ3v) is 6.05. The summed E-state index contributed by atoms with van der Waals surface area (Å²) in [5, 5.41) is 1.99. The molecule has 0 saturated carbocycles. The van der Waals surface area contributed by atoms with Crippen molar-refractivity contribution in [2.24, 2.45) is 0 Å². The first-order valence-corrected chi connectivity index (χ1v) is 10.7. The number of aryl methyl sites for hydroxylation is 1. The van der Waals surface area contributed by atoms with Crippen LogP contribution in [0, 0.1) is 6.92 Å². The summed E-state index contributed by atoms with van der Waals surface area (Å²) in [4.78, 5) is 19.4. The van der Waals surface area contributed by atoms with Gasteiger partial charge in [-0.15, -0.1) is 11.3 Å². The fraction of sp³-hybridized carbons (Fsp3) is 0.250. The van der Waals surface area contributed by atoms with Crippen molar-refractivity contribution >= 4 is 11.3 Å². The fourth-order valence-electron chi connectivity index (χ4n) is 3.70. The SMILES string of the molecule is COc1ccccc1-c1nc(C)c(-c2cccs2)c(=O)n1CCC1=CCCC=C1. The maximum Gasteiger partial charge on any atom is 0.262 e. The van der Waals surface area contributed by atoms with Crippen LogP contribution in [0.1, 0.15) is 25.0 Å². The number of hydrogen-bond donors (Lipinski definition) is 0. The van der Waals surface area contributed by atoms with Gasteiger partial charge in [0, 0.05) is 11.4 Å². The second kappa shape index (κ2) is 8.62. The third kappa shape index (κ3) is 3.96. The van der Waals surface area contributed by atoms with Crippen LogP contribution in [-0.2, 0) is 6.54 Å². The van der Waals surface area contributed by atoms with Gasteiger partial charge in [-0.1, -0.05) is 42.0 Å². The number of para-hydroxylation sites is 1. The lowest BCUT2D eigenvalue weighted by Crippen LogP contribution is -2.26. The maximum atomic E-state index is 13.6. The topological polar surface area (TPSA) is 44.1 Å². The molecular weight excluding hydrogens is 380 g/mol. The van der Waals surface area contributed by atoms with E-state index in [1.165, 1.54) is 5.57 Å². The normalized spacial score (nSPS) is 13.4. The number of methoxy groups -OCH3 is 1. The van der Waals surface area contributed by atoms with Crippen LogP contribution in [0.25, 0.3) is 21.8 Å². The molecule has 0 fully saturated rings. The number of thiophene rings is 1. The van der Waals surface area contributed by atoms with E-state index in [1.54, 1.807) is 18.4 Å². The first-order chi connectivity index (χ1) is 14.2. The number of rotatable bonds is 6. The van der Waals surface area contributed by atoms with Gasteiger partial charge in [0.2, 0.25) is 0 Å². The lowest BCUT2D eigenvalue weighted by atomic mass is 10.0. The summed E-state index contributed by atoms with van der Waals surface area (Å²) in [7, 11) is 1.64. The van der Waals surface area contributed by atoms with E-state index in [0.717, 1.165) is 35.4 Å². The monoisotopic (exact) mass is 404 g/mol. The van der Waals surface area contributed by atoms with Gasteiger partial charge in [0.25, 0.3) is 5.56 Å². The Morgan fingerprint density at radius 3 is 2.76 bits per heavy atom. The summed E-state index contributed by atoms with van der Waals surface area (Å²) in [5.74, 6) is 1.37. The molecule has 0 aliphatic heterocycles. The molecule has 3 aromatic rings. The van der Waals surface area contributed by atoms with Gasteiger partial charge in [0.15, 0.2) is 0 Å². The number of benzene rings is 1. The summed E-state index contributed by atoms with van der Waals surface area (Å²) in [6.45, 7) is 2.49. The number of hydrogen-bond acceptors (Lipinski definition) is 4. The Balaban J connectivity index is 1.86. The Kier molecular flexibility index (Phi) is 5.76. The molecule has 29 heavy (non-hydrogen) atoms. The molecule has 5 heteroatoms. The van der Waals surface area contributed by atoms with Crippen LogP contribution < -0.4 is 10.3 Å². The molecule has 1 aliphatic rings. The summed E-state index contributed by atoms with van der Waals surface area (Å²) in [6, 6.07) is 11.7. The Hall–Kier alpha value is -2.92. The second-order valence-corrected chi connectivity index (χ2v) is 7.99. The zero-order valence-electron chi connectivity index (χ0n) is 16.7. The standard InChI is InChI=1S/C24H24N2O2S/c1-17-22(21-13-8-16-29-21)24(27)26(15-14-18-9-4-3-5-10-18)23(25-17)19-11-6-7-12-20(19)28-2/h4,6-13,16H,3,5,14-15H2,1-2H3.